The molecule has 0 spiro atoms. The maximum Gasteiger partial charge on any atom is 0.332 e. The van der Waals surface area contributed by atoms with Gasteiger partial charge in [0.15, 0.2) is 11.6 Å². The van der Waals surface area contributed by atoms with E-state index in [0.717, 1.165) is 24.9 Å². The quantitative estimate of drug-likeness (QED) is 0.288. The van der Waals surface area contributed by atoms with Gasteiger partial charge in [0.1, 0.15) is 16.4 Å². The minimum Gasteiger partial charge on any atom is -0.384 e. The first-order chi connectivity index (χ1) is 14.4. The van der Waals surface area contributed by atoms with Crippen molar-refractivity contribution in [3.05, 3.63) is 68.2 Å². The molecule has 4 rings (SSSR count). The predicted octanol–water partition coefficient (Wildman–Crippen LogP) is 2.31. The Morgan fingerprint density at radius 1 is 1.10 bits per heavy atom. The number of nitrogens with two attached hydrogens (primary N) is 1. The lowest BCUT2D eigenvalue weighted by Gasteiger charge is -2.11. The number of anilines is 1. The molecule has 0 aliphatic rings. The van der Waals surface area contributed by atoms with E-state index in [1.165, 1.54) is 37.2 Å². The summed E-state index contributed by atoms with van der Waals surface area (Å²) in [5.74, 6) is -0.0755. The van der Waals surface area contributed by atoms with Crippen molar-refractivity contribution in [3.63, 3.8) is 0 Å². The maximum atomic E-state index is 12.9. The normalized spacial score (nSPS) is 11.1. The fraction of sp³-hybridized carbons (Fsp3) is 0.150. The van der Waals surface area contributed by atoms with Crippen molar-refractivity contribution in [1.29, 1.82) is 0 Å². The van der Waals surface area contributed by atoms with Gasteiger partial charge in [-0.15, -0.1) is 11.3 Å². The Morgan fingerprint density at radius 2 is 1.87 bits per heavy atom. The minimum atomic E-state index is -0.701. The average Bonchev–Trinajstić information content (AvgIpc) is 3.29. The first-order valence-corrected chi connectivity index (χ1v) is 10.8. The number of aromatic nitrogens is 4. The molecule has 0 aliphatic carbocycles. The van der Waals surface area contributed by atoms with Crippen molar-refractivity contribution in [2.45, 2.75) is 5.03 Å². The number of benzene rings is 1. The van der Waals surface area contributed by atoms with Crippen LogP contribution in [0.2, 0.25) is 0 Å². The van der Waals surface area contributed by atoms with Gasteiger partial charge in [-0.2, -0.15) is 0 Å². The van der Waals surface area contributed by atoms with Gasteiger partial charge in [-0.3, -0.25) is 18.7 Å². The molecular formula is C20H17N5O3S2. The van der Waals surface area contributed by atoms with Gasteiger partial charge < -0.3 is 5.73 Å². The Bertz CT molecular complexity index is 1390. The van der Waals surface area contributed by atoms with Crippen LogP contribution in [0.3, 0.4) is 0 Å². The first kappa shape index (κ1) is 20.0. The third-order valence-electron chi connectivity index (χ3n) is 4.64. The number of thiophene rings is 1. The molecule has 0 saturated carbocycles. The molecule has 10 heteroatoms. The molecule has 0 atom stereocenters. The lowest BCUT2D eigenvalue weighted by Crippen LogP contribution is -2.41. The third-order valence-corrected chi connectivity index (χ3v) is 6.50. The zero-order valence-electron chi connectivity index (χ0n) is 16.2. The largest absolute Gasteiger partial charge is 0.384 e. The molecular weight excluding hydrogens is 422 g/mol. The van der Waals surface area contributed by atoms with Crippen LogP contribution in [-0.4, -0.2) is 30.6 Å². The second-order valence-electron chi connectivity index (χ2n) is 6.52. The van der Waals surface area contributed by atoms with Gasteiger partial charge in [0.25, 0.3) is 5.56 Å². The van der Waals surface area contributed by atoms with Crippen LogP contribution in [0, 0.1) is 0 Å². The van der Waals surface area contributed by atoms with Crippen LogP contribution in [0.15, 0.2) is 56.4 Å². The molecule has 4 aromatic rings. The second kappa shape index (κ2) is 7.88. The van der Waals surface area contributed by atoms with Crippen LogP contribution in [-0.2, 0) is 14.1 Å². The van der Waals surface area contributed by atoms with Crippen molar-refractivity contribution in [2.75, 3.05) is 11.5 Å². The molecule has 2 N–H and O–H groups in total. The van der Waals surface area contributed by atoms with Crippen LogP contribution >= 0.6 is 23.1 Å². The smallest absolute Gasteiger partial charge is 0.332 e. The van der Waals surface area contributed by atoms with Gasteiger partial charge in [0, 0.05) is 19.5 Å². The Labute approximate surface area is 179 Å². The molecule has 0 fully saturated rings. The molecule has 3 aromatic heterocycles. The Balaban J connectivity index is 1.72. The summed E-state index contributed by atoms with van der Waals surface area (Å²) in [5, 5.41) is 3.40. The lowest BCUT2D eigenvalue weighted by atomic mass is 10.2. The SMILES string of the molecule is Cn1c(N)c(C(=O)CSc2nc(-c3cccs3)nc3ccccc23)c(=O)n(C)c1=O. The molecule has 152 valence electrons. The highest BCUT2D eigenvalue weighted by atomic mass is 32.2. The molecule has 0 saturated heterocycles. The topological polar surface area (TPSA) is 113 Å². The fourth-order valence-corrected chi connectivity index (χ4v) is 4.55. The van der Waals surface area contributed by atoms with E-state index < -0.39 is 17.0 Å². The highest BCUT2D eigenvalue weighted by Crippen LogP contribution is 2.30. The standard InChI is InChI=1S/C20H17N5O3S2/c1-24-16(21)15(19(27)25(2)20(24)28)13(26)10-30-18-11-6-3-4-7-12(11)22-17(23-18)14-8-5-9-29-14/h3-9H,10,21H2,1-2H3. The lowest BCUT2D eigenvalue weighted by molar-refractivity contribution is 0.102. The number of nitrogens with zero attached hydrogens (tertiary/aromatic N) is 4. The molecule has 1 aromatic carbocycles. The number of carbonyl (C=O) groups excluding carboxylic acids is 1. The number of fused-ring (bicyclic) bond motifs is 1. The van der Waals surface area contributed by atoms with E-state index in [1.54, 1.807) is 0 Å². The highest BCUT2D eigenvalue weighted by molar-refractivity contribution is 8.00. The number of nitrogen functional groups attached to an aromatic ring is 1. The van der Waals surface area contributed by atoms with E-state index in [4.69, 9.17) is 5.73 Å². The fourth-order valence-electron chi connectivity index (χ4n) is 3.00. The number of para-hydroxylation sites is 1. The number of Topliss-reactive ketones (excluding diaryl/α,β-unsaturated/α-hetero) is 1. The Morgan fingerprint density at radius 3 is 2.60 bits per heavy atom. The van der Waals surface area contributed by atoms with Crippen molar-refractivity contribution in [1.82, 2.24) is 19.1 Å². The molecule has 0 radical (unpaired) electrons. The summed E-state index contributed by atoms with van der Waals surface area (Å²) in [5.41, 5.74) is 5.19. The summed E-state index contributed by atoms with van der Waals surface area (Å²) in [6, 6.07) is 11.4. The van der Waals surface area contributed by atoms with E-state index in [0.29, 0.717) is 10.9 Å². The van der Waals surface area contributed by atoms with Crippen LogP contribution < -0.4 is 17.0 Å². The van der Waals surface area contributed by atoms with Gasteiger partial charge in [0.05, 0.1) is 16.1 Å². The van der Waals surface area contributed by atoms with Crippen molar-refractivity contribution < 1.29 is 4.79 Å². The van der Waals surface area contributed by atoms with E-state index in [-0.39, 0.29) is 17.1 Å². The van der Waals surface area contributed by atoms with Crippen molar-refractivity contribution in [3.8, 4) is 10.7 Å². The molecule has 0 amide bonds. The Hall–Kier alpha value is -3.24. The summed E-state index contributed by atoms with van der Waals surface area (Å²) < 4.78 is 1.97. The highest BCUT2D eigenvalue weighted by Gasteiger charge is 2.21. The average molecular weight is 440 g/mol. The van der Waals surface area contributed by atoms with Crippen LogP contribution in [0.5, 0.6) is 0 Å². The molecule has 0 unspecified atom stereocenters. The van der Waals surface area contributed by atoms with Gasteiger partial charge in [-0.1, -0.05) is 36.0 Å². The monoisotopic (exact) mass is 439 g/mol. The zero-order chi connectivity index (χ0) is 21.4. The van der Waals surface area contributed by atoms with E-state index in [9.17, 15) is 14.4 Å². The van der Waals surface area contributed by atoms with E-state index in [1.807, 2.05) is 41.8 Å². The zero-order valence-corrected chi connectivity index (χ0v) is 17.8. The van der Waals surface area contributed by atoms with Gasteiger partial charge in [0.2, 0.25) is 0 Å². The maximum absolute atomic E-state index is 12.9. The summed E-state index contributed by atoms with van der Waals surface area (Å²) in [6.07, 6.45) is 0. The number of rotatable bonds is 5. The summed E-state index contributed by atoms with van der Waals surface area (Å²) >= 11 is 2.74. The first-order valence-electron chi connectivity index (χ1n) is 8.90. The van der Waals surface area contributed by atoms with Crippen molar-refractivity contribution in [2.24, 2.45) is 14.1 Å². The molecule has 0 bridgehead atoms. The summed E-state index contributed by atoms with van der Waals surface area (Å²) in [7, 11) is 2.74. The minimum absolute atomic E-state index is 0.0530. The molecule has 3 heterocycles. The van der Waals surface area contributed by atoms with Gasteiger partial charge in [-0.25, -0.2) is 14.8 Å². The number of ketones is 1. The number of hydrogen-bond acceptors (Lipinski definition) is 8. The van der Waals surface area contributed by atoms with Gasteiger partial charge >= 0.3 is 5.69 Å². The van der Waals surface area contributed by atoms with Gasteiger partial charge in [-0.05, 0) is 17.5 Å². The third kappa shape index (κ3) is 3.44. The van der Waals surface area contributed by atoms with Crippen molar-refractivity contribution >= 4 is 45.6 Å². The number of hydrogen-bond donors (Lipinski definition) is 1. The van der Waals surface area contributed by atoms with Crippen LogP contribution in [0.4, 0.5) is 5.82 Å². The number of thioether (sulfide) groups is 1. The number of carbonyl (C=O) groups is 1. The molecule has 0 aliphatic heterocycles. The summed E-state index contributed by atoms with van der Waals surface area (Å²) in [6.45, 7) is 0. The molecule has 8 nitrogen and oxygen atoms in total. The second-order valence-corrected chi connectivity index (χ2v) is 8.44. The van der Waals surface area contributed by atoms with E-state index >= 15 is 0 Å². The predicted molar refractivity (Wildman–Crippen MR) is 119 cm³/mol. The van der Waals surface area contributed by atoms with E-state index in [2.05, 4.69) is 9.97 Å². The Kier molecular flexibility index (Phi) is 5.27. The molecule has 30 heavy (non-hydrogen) atoms. The summed E-state index contributed by atoms with van der Waals surface area (Å²) in [4.78, 5) is 47.5. The van der Waals surface area contributed by atoms with Crippen LogP contribution in [0.25, 0.3) is 21.6 Å². The van der Waals surface area contributed by atoms with Crippen LogP contribution in [0.1, 0.15) is 10.4 Å².